The molecule has 0 fully saturated rings. The molecule has 2 aromatic carbocycles. The molecule has 0 aliphatic carbocycles. The van der Waals surface area contributed by atoms with Crippen LogP contribution in [-0.2, 0) is 17.6 Å². The molecule has 0 aliphatic rings. The van der Waals surface area contributed by atoms with Gasteiger partial charge in [-0.15, -0.1) is 0 Å². The Kier molecular flexibility index (Phi) is 4.45. The van der Waals surface area contributed by atoms with E-state index in [1.807, 2.05) is 12.1 Å². The molecule has 4 heteroatoms. The Labute approximate surface area is 116 Å². The maximum atomic E-state index is 13.4. The zero-order valence-corrected chi connectivity index (χ0v) is 10.9. The molecule has 0 saturated carbocycles. The summed E-state index contributed by atoms with van der Waals surface area (Å²) in [4.78, 5) is 11.8. The number of Topliss-reactive ketones (excluding diaryl/α,β-unsaturated/α-hetero) is 1. The molecule has 2 nitrogen and oxygen atoms in total. The third kappa shape index (κ3) is 3.63. The number of hydrogen-bond donors (Lipinski definition) is 1. The second-order valence-electron chi connectivity index (χ2n) is 4.67. The molecular formula is C16H15F2NO. The van der Waals surface area contributed by atoms with E-state index in [0.717, 1.165) is 11.6 Å². The van der Waals surface area contributed by atoms with Crippen molar-refractivity contribution in [2.24, 2.45) is 0 Å². The first-order chi connectivity index (χ1) is 9.56. The quantitative estimate of drug-likeness (QED) is 0.851. The summed E-state index contributed by atoms with van der Waals surface area (Å²) in [5.74, 6) is -1.99. The minimum atomic E-state index is -0.940. The van der Waals surface area contributed by atoms with Crippen LogP contribution in [0.5, 0.6) is 0 Å². The van der Waals surface area contributed by atoms with E-state index in [1.54, 1.807) is 12.1 Å². The monoisotopic (exact) mass is 275 g/mol. The molecule has 20 heavy (non-hydrogen) atoms. The van der Waals surface area contributed by atoms with Crippen LogP contribution >= 0.6 is 0 Å². The molecule has 0 atom stereocenters. The molecule has 0 radical (unpaired) electrons. The highest BCUT2D eigenvalue weighted by Crippen LogP contribution is 2.14. The highest BCUT2D eigenvalue weighted by atomic mass is 19.2. The zero-order valence-electron chi connectivity index (χ0n) is 10.9. The first-order valence-corrected chi connectivity index (χ1v) is 6.35. The Morgan fingerprint density at radius 2 is 1.85 bits per heavy atom. The third-order valence-electron chi connectivity index (χ3n) is 3.06. The Morgan fingerprint density at radius 1 is 1.10 bits per heavy atom. The first-order valence-electron chi connectivity index (χ1n) is 6.35. The summed E-state index contributed by atoms with van der Waals surface area (Å²) in [6, 6.07) is 11.1. The number of anilines is 1. The fraction of sp³-hybridized carbons (Fsp3) is 0.188. The van der Waals surface area contributed by atoms with E-state index in [9.17, 15) is 13.6 Å². The van der Waals surface area contributed by atoms with Crippen molar-refractivity contribution in [2.75, 3.05) is 5.73 Å². The lowest BCUT2D eigenvalue weighted by Crippen LogP contribution is -2.07. The van der Waals surface area contributed by atoms with Crippen LogP contribution in [0.25, 0.3) is 0 Å². The van der Waals surface area contributed by atoms with Gasteiger partial charge in [0.2, 0.25) is 0 Å². The number of benzene rings is 2. The fourth-order valence-corrected chi connectivity index (χ4v) is 2.02. The summed E-state index contributed by atoms with van der Waals surface area (Å²) in [6.45, 7) is 0. The fourth-order valence-electron chi connectivity index (χ4n) is 2.02. The minimum Gasteiger partial charge on any atom is -0.399 e. The predicted octanol–water partition coefficient (Wildman–Crippen LogP) is 3.29. The number of rotatable bonds is 5. The van der Waals surface area contributed by atoms with E-state index < -0.39 is 11.6 Å². The standard InChI is InChI=1S/C16H15F2NO/c17-15-6-2-4-12(16(15)18)10-14(20)8-7-11-3-1-5-13(19)9-11/h1-6,9H,7-8,10,19H2. The maximum absolute atomic E-state index is 13.4. The second kappa shape index (κ2) is 6.28. The SMILES string of the molecule is Nc1cccc(CCC(=O)Cc2cccc(F)c2F)c1. The molecule has 0 bridgehead atoms. The van der Waals surface area contributed by atoms with Crippen LogP contribution in [0.1, 0.15) is 17.5 Å². The van der Waals surface area contributed by atoms with Gasteiger partial charge in [0.05, 0.1) is 0 Å². The van der Waals surface area contributed by atoms with Gasteiger partial charge < -0.3 is 5.73 Å². The summed E-state index contributed by atoms with van der Waals surface area (Å²) >= 11 is 0. The number of nitrogen functional groups attached to an aromatic ring is 1. The number of nitrogens with two attached hydrogens (primary N) is 1. The number of carbonyl (C=O) groups is 1. The molecule has 0 saturated heterocycles. The average Bonchev–Trinajstić information content (AvgIpc) is 2.42. The number of halogens is 2. The van der Waals surface area contributed by atoms with E-state index in [0.29, 0.717) is 12.1 Å². The van der Waals surface area contributed by atoms with E-state index in [1.165, 1.54) is 12.1 Å². The van der Waals surface area contributed by atoms with Gasteiger partial charge in [-0.1, -0.05) is 24.3 Å². The van der Waals surface area contributed by atoms with Gasteiger partial charge in [0.25, 0.3) is 0 Å². The van der Waals surface area contributed by atoms with Crippen LogP contribution in [0.2, 0.25) is 0 Å². The Morgan fingerprint density at radius 3 is 2.60 bits per heavy atom. The van der Waals surface area contributed by atoms with Crippen LogP contribution in [0.3, 0.4) is 0 Å². The van der Waals surface area contributed by atoms with Crippen LogP contribution in [0.15, 0.2) is 42.5 Å². The lowest BCUT2D eigenvalue weighted by Gasteiger charge is -2.04. The summed E-state index contributed by atoms with van der Waals surface area (Å²) in [5.41, 5.74) is 7.35. The Balaban J connectivity index is 1.94. The van der Waals surface area contributed by atoms with Gasteiger partial charge in [-0.05, 0) is 35.7 Å². The van der Waals surface area contributed by atoms with Gasteiger partial charge >= 0.3 is 0 Å². The van der Waals surface area contributed by atoms with Gasteiger partial charge in [0, 0.05) is 18.5 Å². The van der Waals surface area contributed by atoms with Crippen LogP contribution in [-0.4, -0.2) is 5.78 Å². The topological polar surface area (TPSA) is 43.1 Å². The number of carbonyl (C=O) groups excluding carboxylic acids is 1. The van der Waals surface area contributed by atoms with Crippen molar-refractivity contribution in [3.8, 4) is 0 Å². The zero-order chi connectivity index (χ0) is 14.5. The van der Waals surface area contributed by atoms with Crippen molar-refractivity contribution in [3.63, 3.8) is 0 Å². The molecule has 0 unspecified atom stereocenters. The van der Waals surface area contributed by atoms with Gasteiger partial charge in [0.1, 0.15) is 5.78 Å². The van der Waals surface area contributed by atoms with Gasteiger partial charge in [-0.3, -0.25) is 4.79 Å². The second-order valence-corrected chi connectivity index (χ2v) is 4.67. The van der Waals surface area contributed by atoms with Crippen LogP contribution in [0, 0.1) is 11.6 Å². The largest absolute Gasteiger partial charge is 0.399 e. The number of aryl methyl sites for hydroxylation is 1. The minimum absolute atomic E-state index is 0.0914. The smallest absolute Gasteiger partial charge is 0.162 e. The third-order valence-corrected chi connectivity index (χ3v) is 3.06. The average molecular weight is 275 g/mol. The Hall–Kier alpha value is -2.23. The van der Waals surface area contributed by atoms with Crippen molar-refractivity contribution in [1.29, 1.82) is 0 Å². The molecule has 0 spiro atoms. The predicted molar refractivity (Wildman–Crippen MR) is 74.2 cm³/mol. The van der Waals surface area contributed by atoms with Crippen molar-refractivity contribution < 1.29 is 13.6 Å². The molecule has 0 aliphatic heterocycles. The lowest BCUT2D eigenvalue weighted by molar-refractivity contribution is -0.118. The molecule has 0 heterocycles. The molecule has 104 valence electrons. The number of hydrogen-bond acceptors (Lipinski definition) is 2. The summed E-state index contributed by atoms with van der Waals surface area (Å²) in [5, 5.41) is 0. The van der Waals surface area contributed by atoms with Crippen LogP contribution < -0.4 is 5.73 Å². The van der Waals surface area contributed by atoms with Gasteiger partial charge in [0.15, 0.2) is 11.6 Å². The molecule has 0 aromatic heterocycles. The maximum Gasteiger partial charge on any atom is 0.162 e. The van der Waals surface area contributed by atoms with Crippen molar-refractivity contribution >= 4 is 11.5 Å². The highest BCUT2D eigenvalue weighted by Gasteiger charge is 2.11. The first kappa shape index (κ1) is 14.2. The van der Waals surface area contributed by atoms with Crippen LogP contribution in [0.4, 0.5) is 14.5 Å². The molecular weight excluding hydrogens is 260 g/mol. The summed E-state index contributed by atoms with van der Waals surface area (Å²) in [7, 11) is 0. The summed E-state index contributed by atoms with van der Waals surface area (Å²) in [6.07, 6.45) is 0.728. The molecule has 2 rings (SSSR count). The van der Waals surface area contributed by atoms with Gasteiger partial charge in [-0.25, -0.2) is 8.78 Å². The van der Waals surface area contributed by atoms with Crippen molar-refractivity contribution in [3.05, 3.63) is 65.2 Å². The van der Waals surface area contributed by atoms with Crippen molar-refractivity contribution in [1.82, 2.24) is 0 Å². The van der Waals surface area contributed by atoms with Crippen molar-refractivity contribution in [2.45, 2.75) is 19.3 Å². The van der Waals surface area contributed by atoms with E-state index in [-0.39, 0.29) is 24.2 Å². The van der Waals surface area contributed by atoms with E-state index >= 15 is 0 Å². The van der Waals surface area contributed by atoms with Gasteiger partial charge in [-0.2, -0.15) is 0 Å². The lowest BCUT2D eigenvalue weighted by atomic mass is 10.0. The molecule has 0 amide bonds. The van der Waals surface area contributed by atoms with E-state index in [4.69, 9.17) is 5.73 Å². The molecule has 2 N–H and O–H groups in total. The number of ketones is 1. The highest BCUT2D eigenvalue weighted by molar-refractivity contribution is 5.81. The molecule has 2 aromatic rings. The Bertz CT molecular complexity index is 626. The normalized spacial score (nSPS) is 10.5. The van der Waals surface area contributed by atoms with E-state index in [2.05, 4.69) is 0 Å². The summed E-state index contributed by atoms with van der Waals surface area (Å²) < 4.78 is 26.5.